The molecule has 3 rings (SSSR count). The van der Waals surface area contributed by atoms with E-state index in [0.717, 1.165) is 24.8 Å². The van der Waals surface area contributed by atoms with E-state index in [-0.39, 0.29) is 24.0 Å². The van der Waals surface area contributed by atoms with Gasteiger partial charge in [0.25, 0.3) is 5.91 Å². The lowest BCUT2D eigenvalue weighted by Gasteiger charge is -2.25. The van der Waals surface area contributed by atoms with Crippen LogP contribution < -0.4 is 10.6 Å². The average Bonchev–Trinajstić information content (AvgIpc) is 3.31. The van der Waals surface area contributed by atoms with Crippen LogP contribution in [0.25, 0.3) is 0 Å². The molecule has 1 aliphatic rings. The summed E-state index contributed by atoms with van der Waals surface area (Å²) in [5, 5.41) is 5.40. The minimum absolute atomic E-state index is 0.132. The van der Waals surface area contributed by atoms with Crippen LogP contribution >= 0.6 is 0 Å². The Hall–Kier alpha value is -2.65. The minimum Gasteiger partial charge on any atom is -0.459 e. The van der Waals surface area contributed by atoms with Crippen LogP contribution in [0.15, 0.2) is 52.0 Å². The van der Waals surface area contributed by atoms with Gasteiger partial charge in [0, 0.05) is 32.6 Å². The van der Waals surface area contributed by atoms with Crippen molar-refractivity contribution in [1.82, 2.24) is 14.9 Å². The molecule has 2 N–H and O–H groups in total. The highest BCUT2D eigenvalue weighted by molar-refractivity contribution is 7.89. The highest BCUT2D eigenvalue weighted by atomic mass is 32.2. The molecule has 0 unspecified atom stereocenters. The first-order valence-electron chi connectivity index (χ1n) is 10.1. The summed E-state index contributed by atoms with van der Waals surface area (Å²) in [5.74, 6) is -0.229. The van der Waals surface area contributed by atoms with Crippen molar-refractivity contribution in [3.63, 3.8) is 0 Å². The highest BCUT2D eigenvalue weighted by Gasteiger charge is 2.25. The van der Waals surface area contributed by atoms with E-state index < -0.39 is 10.0 Å². The van der Waals surface area contributed by atoms with Crippen LogP contribution in [0.1, 0.15) is 41.8 Å². The lowest BCUT2D eigenvalue weighted by atomic mass is 10.1. The Kier molecular flexibility index (Phi) is 7.64. The van der Waals surface area contributed by atoms with Gasteiger partial charge in [-0.2, -0.15) is 4.31 Å². The maximum absolute atomic E-state index is 12.7. The number of piperidine rings is 1. The Labute approximate surface area is 176 Å². The SMILES string of the molecule is O=C(CCc1ccc(S(=O)(=O)N2CCCCC2)cc1)NCCNC(=O)c1ccco1. The first kappa shape index (κ1) is 22.0. The molecule has 30 heavy (non-hydrogen) atoms. The Bertz CT molecular complexity index is 934. The van der Waals surface area contributed by atoms with Gasteiger partial charge in [0.15, 0.2) is 5.76 Å². The van der Waals surface area contributed by atoms with Crippen LogP contribution in [0.5, 0.6) is 0 Å². The van der Waals surface area contributed by atoms with Crippen molar-refractivity contribution in [3.05, 3.63) is 54.0 Å². The topological polar surface area (TPSA) is 109 Å². The second-order valence-electron chi connectivity index (χ2n) is 7.19. The van der Waals surface area contributed by atoms with Gasteiger partial charge in [-0.15, -0.1) is 0 Å². The number of carbonyl (C=O) groups is 2. The van der Waals surface area contributed by atoms with Gasteiger partial charge < -0.3 is 15.1 Å². The van der Waals surface area contributed by atoms with E-state index in [1.54, 1.807) is 40.7 Å². The van der Waals surface area contributed by atoms with E-state index in [4.69, 9.17) is 4.42 Å². The fourth-order valence-corrected chi connectivity index (χ4v) is 4.82. The number of sulfonamides is 1. The Balaban J connectivity index is 1.39. The van der Waals surface area contributed by atoms with Gasteiger partial charge in [0.05, 0.1) is 11.2 Å². The summed E-state index contributed by atoms with van der Waals surface area (Å²) in [7, 11) is -3.44. The molecule has 0 atom stereocenters. The molecule has 0 radical (unpaired) electrons. The number of hydrogen-bond acceptors (Lipinski definition) is 5. The molecule has 1 fully saturated rings. The summed E-state index contributed by atoms with van der Waals surface area (Å²) in [5.41, 5.74) is 0.897. The predicted molar refractivity (Wildman–Crippen MR) is 111 cm³/mol. The molecular weight excluding hydrogens is 406 g/mol. The molecule has 162 valence electrons. The van der Waals surface area contributed by atoms with Crippen molar-refractivity contribution in [1.29, 1.82) is 0 Å². The van der Waals surface area contributed by atoms with Gasteiger partial charge in [0.2, 0.25) is 15.9 Å². The Morgan fingerprint density at radius 2 is 1.67 bits per heavy atom. The largest absolute Gasteiger partial charge is 0.459 e. The van der Waals surface area contributed by atoms with E-state index >= 15 is 0 Å². The second kappa shape index (κ2) is 10.4. The highest BCUT2D eigenvalue weighted by Crippen LogP contribution is 2.21. The average molecular weight is 434 g/mol. The van der Waals surface area contributed by atoms with Crippen molar-refractivity contribution in [2.45, 2.75) is 37.0 Å². The molecule has 0 spiro atoms. The number of benzene rings is 1. The molecule has 0 bridgehead atoms. The number of amides is 2. The van der Waals surface area contributed by atoms with Gasteiger partial charge in [-0.05, 0) is 49.1 Å². The zero-order valence-electron chi connectivity index (χ0n) is 16.8. The Morgan fingerprint density at radius 1 is 0.967 bits per heavy atom. The number of aryl methyl sites for hydroxylation is 1. The summed E-state index contributed by atoms with van der Waals surface area (Å²) >= 11 is 0. The maximum Gasteiger partial charge on any atom is 0.287 e. The zero-order valence-corrected chi connectivity index (χ0v) is 17.6. The third-order valence-electron chi connectivity index (χ3n) is 4.99. The van der Waals surface area contributed by atoms with E-state index in [1.807, 2.05) is 0 Å². The first-order valence-corrected chi connectivity index (χ1v) is 11.6. The molecule has 1 saturated heterocycles. The van der Waals surface area contributed by atoms with Gasteiger partial charge in [-0.25, -0.2) is 8.42 Å². The number of rotatable bonds is 9. The number of nitrogens with one attached hydrogen (secondary N) is 2. The number of nitrogens with zero attached hydrogens (tertiary/aromatic N) is 1. The van der Waals surface area contributed by atoms with E-state index in [0.29, 0.717) is 37.5 Å². The van der Waals surface area contributed by atoms with Crippen molar-refractivity contribution < 1.29 is 22.4 Å². The summed E-state index contributed by atoms with van der Waals surface area (Å²) in [6, 6.07) is 9.94. The maximum atomic E-state index is 12.7. The first-order chi connectivity index (χ1) is 14.5. The standard InChI is InChI=1S/C21H27N3O5S/c25-20(22-12-13-23-21(26)19-5-4-16-29-19)11-8-17-6-9-18(10-7-17)30(27,28)24-14-2-1-3-15-24/h4-7,9-10,16H,1-3,8,11-15H2,(H,22,25)(H,23,26). The van der Waals surface area contributed by atoms with Crippen LogP contribution in [0.4, 0.5) is 0 Å². The molecule has 0 aliphatic carbocycles. The normalized spacial score (nSPS) is 14.9. The molecule has 2 aromatic rings. The molecule has 9 heteroatoms. The molecule has 2 amide bonds. The van der Waals surface area contributed by atoms with Gasteiger partial charge in [-0.1, -0.05) is 18.6 Å². The molecule has 1 aromatic heterocycles. The van der Waals surface area contributed by atoms with Gasteiger partial charge in [0.1, 0.15) is 0 Å². The van der Waals surface area contributed by atoms with Crippen molar-refractivity contribution >= 4 is 21.8 Å². The fourth-order valence-electron chi connectivity index (χ4n) is 3.30. The van der Waals surface area contributed by atoms with Crippen molar-refractivity contribution in [2.75, 3.05) is 26.2 Å². The third-order valence-corrected chi connectivity index (χ3v) is 6.91. The van der Waals surface area contributed by atoms with Crippen molar-refractivity contribution in [2.24, 2.45) is 0 Å². The molecule has 1 aliphatic heterocycles. The molecule has 2 heterocycles. The number of carbonyl (C=O) groups excluding carboxylic acids is 2. The summed E-state index contributed by atoms with van der Waals surface area (Å²) in [6.45, 7) is 1.77. The van der Waals surface area contributed by atoms with Crippen LogP contribution in [-0.4, -0.2) is 50.7 Å². The van der Waals surface area contributed by atoms with Gasteiger partial charge >= 0.3 is 0 Å². The predicted octanol–water partition coefficient (Wildman–Crippen LogP) is 1.93. The lowest BCUT2D eigenvalue weighted by Crippen LogP contribution is -2.35. The van der Waals surface area contributed by atoms with Crippen LogP contribution in [0.2, 0.25) is 0 Å². The third kappa shape index (κ3) is 5.93. The van der Waals surface area contributed by atoms with Crippen LogP contribution in [-0.2, 0) is 21.2 Å². The summed E-state index contributed by atoms with van der Waals surface area (Å²) in [4.78, 5) is 24.0. The number of furan rings is 1. The molecular formula is C21H27N3O5S. The second-order valence-corrected chi connectivity index (χ2v) is 9.13. The monoisotopic (exact) mass is 433 g/mol. The molecule has 0 saturated carbocycles. The fraction of sp³-hybridized carbons (Fsp3) is 0.429. The molecule has 1 aromatic carbocycles. The van der Waals surface area contributed by atoms with Gasteiger partial charge in [-0.3, -0.25) is 9.59 Å². The Morgan fingerprint density at radius 3 is 2.33 bits per heavy atom. The van der Waals surface area contributed by atoms with E-state index in [1.165, 1.54) is 6.26 Å². The minimum atomic E-state index is -3.44. The summed E-state index contributed by atoms with van der Waals surface area (Å²) in [6.07, 6.45) is 5.09. The van der Waals surface area contributed by atoms with Crippen molar-refractivity contribution in [3.8, 4) is 0 Å². The zero-order chi connectivity index (χ0) is 21.4. The number of hydrogen-bond donors (Lipinski definition) is 2. The lowest BCUT2D eigenvalue weighted by molar-refractivity contribution is -0.121. The van der Waals surface area contributed by atoms with E-state index in [9.17, 15) is 18.0 Å². The molecule has 8 nitrogen and oxygen atoms in total. The summed E-state index contributed by atoms with van der Waals surface area (Å²) < 4.78 is 31.9. The van der Waals surface area contributed by atoms with E-state index in [2.05, 4.69) is 10.6 Å². The quantitative estimate of drug-likeness (QED) is 0.588. The van der Waals surface area contributed by atoms with Crippen LogP contribution in [0.3, 0.4) is 0 Å². The van der Waals surface area contributed by atoms with Crippen LogP contribution in [0, 0.1) is 0 Å². The smallest absolute Gasteiger partial charge is 0.287 e.